The molecule has 1 unspecified atom stereocenters. The van der Waals surface area contributed by atoms with Crippen LogP contribution in [0.5, 0.6) is 5.75 Å². The van der Waals surface area contributed by atoms with Gasteiger partial charge in [-0.05, 0) is 67.4 Å². The molecule has 0 bridgehead atoms. The van der Waals surface area contributed by atoms with Crippen molar-refractivity contribution in [3.05, 3.63) is 78.4 Å². The van der Waals surface area contributed by atoms with Gasteiger partial charge in [-0.25, -0.2) is 4.39 Å². The lowest BCUT2D eigenvalue weighted by atomic mass is 10.2. The van der Waals surface area contributed by atoms with Gasteiger partial charge in [-0.1, -0.05) is 0 Å². The van der Waals surface area contributed by atoms with Crippen LogP contribution in [0.3, 0.4) is 0 Å². The molecule has 0 saturated carbocycles. The van der Waals surface area contributed by atoms with E-state index in [0.717, 1.165) is 25.1 Å². The second kappa shape index (κ2) is 8.27. The van der Waals surface area contributed by atoms with Gasteiger partial charge >= 0.3 is 0 Å². The van der Waals surface area contributed by atoms with Crippen molar-refractivity contribution in [1.82, 2.24) is 4.57 Å². The Labute approximate surface area is 162 Å². The normalized spacial score (nSPS) is 16.1. The van der Waals surface area contributed by atoms with E-state index in [9.17, 15) is 9.18 Å². The summed E-state index contributed by atoms with van der Waals surface area (Å²) in [5.74, 6) is -0.192. The highest BCUT2D eigenvalue weighted by molar-refractivity contribution is 6.04. The summed E-state index contributed by atoms with van der Waals surface area (Å²) >= 11 is 0. The molecule has 2 aromatic carbocycles. The number of hydrogen-bond donors (Lipinski definition) is 1. The van der Waals surface area contributed by atoms with E-state index in [1.807, 2.05) is 29.1 Å². The predicted octanol–water partition coefficient (Wildman–Crippen LogP) is 4.43. The molecule has 144 valence electrons. The molecule has 1 amide bonds. The number of nitrogens with zero attached hydrogens (tertiary/aromatic N) is 1. The van der Waals surface area contributed by atoms with Gasteiger partial charge in [0.1, 0.15) is 18.2 Å². The van der Waals surface area contributed by atoms with Crippen LogP contribution in [0.1, 0.15) is 23.2 Å². The quantitative estimate of drug-likeness (QED) is 0.688. The molecule has 3 aromatic rings. The Kier molecular flexibility index (Phi) is 5.39. The van der Waals surface area contributed by atoms with E-state index in [1.165, 1.54) is 6.07 Å². The fourth-order valence-corrected chi connectivity index (χ4v) is 3.14. The van der Waals surface area contributed by atoms with Gasteiger partial charge in [-0.2, -0.15) is 0 Å². The second-order valence-corrected chi connectivity index (χ2v) is 6.68. The largest absolute Gasteiger partial charge is 0.491 e. The second-order valence-electron chi connectivity index (χ2n) is 6.68. The maximum absolute atomic E-state index is 14.1. The highest BCUT2D eigenvalue weighted by atomic mass is 19.1. The Balaban J connectivity index is 1.41. The number of carbonyl (C=O) groups excluding carboxylic acids is 1. The van der Waals surface area contributed by atoms with Crippen LogP contribution in [-0.2, 0) is 4.74 Å². The van der Waals surface area contributed by atoms with Crippen molar-refractivity contribution < 1.29 is 18.7 Å². The zero-order valence-electron chi connectivity index (χ0n) is 15.3. The predicted molar refractivity (Wildman–Crippen MR) is 105 cm³/mol. The number of hydrogen-bond acceptors (Lipinski definition) is 3. The number of anilines is 1. The number of ether oxygens (including phenoxy) is 2. The van der Waals surface area contributed by atoms with Gasteiger partial charge in [0.15, 0.2) is 0 Å². The Morgan fingerprint density at radius 1 is 1.18 bits per heavy atom. The van der Waals surface area contributed by atoms with Crippen LogP contribution >= 0.6 is 0 Å². The van der Waals surface area contributed by atoms with Crippen LogP contribution in [0.25, 0.3) is 5.69 Å². The van der Waals surface area contributed by atoms with Crippen molar-refractivity contribution in [3.63, 3.8) is 0 Å². The van der Waals surface area contributed by atoms with Crippen molar-refractivity contribution in [2.24, 2.45) is 0 Å². The first kappa shape index (κ1) is 18.3. The number of carbonyl (C=O) groups is 1. The van der Waals surface area contributed by atoms with E-state index in [2.05, 4.69) is 5.32 Å². The smallest absolute Gasteiger partial charge is 0.255 e. The zero-order chi connectivity index (χ0) is 19.3. The first-order valence-electron chi connectivity index (χ1n) is 9.28. The molecule has 1 aliphatic heterocycles. The summed E-state index contributed by atoms with van der Waals surface area (Å²) in [4.78, 5) is 12.5. The number of amides is 1. The number of halogens is 1. The molecule has 4 rings (SSSR count). The molecule has 6 heteroatoms. The number of nitrogens with one attached hydrogen (secondary N) is 1. The third-order valence-corrected chi connectivity index (χ3v) is 4.68. The molecule has 0 aliphatic carbocycles. The lowest BCUT2D eigenvalue weighted by Gasteiger charge is -2.12. The Morgan fingerprint density at radius 3 is 2.68 bits per heavy atom. The molecular weight excluding hydrogens is 359 g/mol. The highest BCUT2D eigenvalue weighted by Gasteiger charge is 2.16. The average Bonchev–Trinajstić information content (AvgIpc) is 3.42. The SMILES string of the molecule is O=C(Nc1cc(-n2cccc2)ccc1F)c1ccc(OCC2CCCO2)cc1. The highest BCUT2D eigenvalue weighted by Crippen LogP contribution is 2.21. The van der Waals surface area contributed by atoms with Crippen LogP contribution in [-0.4, -0.2) is 29.8 Å². The van der Waals surface area contributed by atoms with E-state index in [0.29, 0.717) is 17.9 Å². The molecule has 1 atom stereocenters. The first-order valence-corrected chi connectivity index (χ1v) is 9.28. The minimum absolute atomic E-state index is 0.134. The lowest BCUT2D eigenvalue weighted by Crippen LogP contribution is -2.16. The van der Waals surface area contributed by atoms with Gasteiger partial charge in [0, 0.05) is 30.3 Å². The van der Waals surface area contributed by atoms with Gasteiger partial charge in [0.25, 0.3) is 5.91 Å². The topological polar surface area (TPSA) is 52.5 Å². The average molecular weight is 380 g/mol. The molecule has 1 aromatic heterocycles. The van der Waals surface area contributed by atoms with Gasteiger partial charge in [0.05, 0.1) is 11.8 Å². The summed E-state index contributed by atoms with van der Waals surface area (Å²) in [5.41, 5.74) is 1.32. The first-order chi connectivity index (χ1) is 13.7. The van der Waals surface area contributed by atoms with Crippen molar-refractivity contribution >= 4 is 11.6 Å². The van der Waals surface area contributed by atoms with E-state index < -0.39 is 5.82 Å². The minimum Gasteiger partial charge on any atom is -0.491 e. The van der Waals surface area contributed by atoms with Crippen molar-refractivity contribution in [2.75, 3.05) is 18.5 Å². The maximum atomic E-state index is 14.1. The van der Waals surface area contributed by atoms with Crippen LogP contribution < -0.4 is 10.1 Å². The third kappa shape index (κ3) is 4.23. The van der Waals surface area contributed by atoms with Gasteiger partial charge < -0.3 is 19.4 Å². The number of benzene rings is 2. The van der Waals surface area contributed by atoms with Crippen LogP contribution in [0, 0.1) is 5.82 Å². The van der Waals surface area contributed by atoms with E-state index in [1.54, 1.807) is 36.4 Å². The van der Waals surface area contributed by atoms with Crippen LogP contribution in [0.15, 0.2) is 67.0 Å². The minimum atomic E-state index is -0.485. The number of rotatable bonds is 6. The molecule has 1 aliphatic rings. The summed E-state index contributed by atoms with van der Waals surface area (Å²) in [5, 5.41) is 2.64. The summed E-state index contributed by atoms with van der Waals surface area (Å²) in [6, 6.07) is 15.1. The molecule has 5 nitrogen and oxygen atoms in total. The summed E-state index contributed by atoms with van der Waals surface area (Å²) < 4.78 is 27.2. The molecule has 1 fully saturated rings. The van der Waals surface area contributed by atoms with Crippen molar-refractivity contribution in [3.8, 4) is 11.4 Å². The monoisotopic (exact) mass is 380 g/mol. The standard InChI is InChI=1S/C22H21FN2O3/c23-20-10-7-17(25-11-1-2-12-25)14-21(20)24-22(26)16-5-8-18(9-6-16)28-15-19-4-3-13-27-19/h1-2,5-12,14,19H,3-4,13,15H2,(H,24,26). The zero-order valence-corrected chi connectivity index (χ0v) is 15.3. The van der Waals surface area contributed by atoms with E-state index in [-0.39, 0.29) is 17.7 Å². The molecule has 1 saturated heterocycles. The molecule has 28 heavy (non-hydrogen) atoms. The van der Waals surface area contributed by atoms with Crippen LogP contribution in [0.2, 0.25) is 0 Å². The maximum Gasteiger partial charge on any atom is 0.255 e. The lowest BCUT2D eigenvalue weighted by molar-refractivity contribution is 0.0679. The molecule has 1 N–H and O–H groups in total. The van der Waals surface area contributed by atoms with Gasteiger partial charge in [-0.3, -0.25) is 4.79 Å². The van der Waals surface area contributed by atoms with E-state index >= 15 is 0 Å². The van der Waals surface area contributed by atoms with E-state index in [4.69, 9.17) is 9.47 Å². The Hall–Kier alpha value is -3.12. The van der Waals surface area contributed by atoms with Crippen LogP contribution in [0.4, 0.5) is 10.1 Å². The Bertz CT molecular complexity index is 933. The molecule has 2 heterocycles. The van der Waals surface area contributed by atoms with Gasteiger partial charge in [-0.15, -0.1) is 0 Å². The van der Waals surface area contributed by atoms with Gasteiger partial charge in [0.2, 0.25) is 0 Å². The number of aromatic nitrogens is 1. The third-order valence-electron chi connectivity index (χ3n) is 4.68. The molecule has 0 spiro atoms. The summed E-state index contributed by atoms with van der Waals surface area (Å²) in [6.45, 7) is 1.29. The fraction of sp³-hybridized carbons (Fsp3) is 0.227. The van der Waals surface area contributed by atoms with Crippen molar-refractivity contribution in [2.45, 2.75) is 18.9 Å². The van der Waals surface area contributed by atoms with Crippen molar-refractivity contribution in [1.29, 1.82) is 0 Å². The summed E-state index contributed by atoms with van der Waals surface area (Å²) in [6.07, 6.45) is 5.92. The summed E-state index contributed by atoms with van der Waals surface area (Å²) in [7, 11) is 0. The fourth-order valence-electron chi connectivity index (χ4n) is 3.14. The molecule has 0 radical (unpaired) electrons. The Morgan fingerprint density at radius 2 is 1.96 bits per heavy atom. The molecular formula is C22H21FN2O3.